The van der Waals surface area contributed by atoms with Crippen molar-refractivity contribution < 1.29 is 9.90 Å². The molecule has 1 aromatic carbocycles. The van der Waals surface area contributed by atoms with Gasteiger partial charge in [0.1, 0.15) is 11.4 Å². The monoisotopic (exact) mass is 328 g/mol. The highest BCUT2D eigenvalue weighted by atomic mass is 32.2. The van der Waals surface area contributed by atoms with Crippen LogP contribution in [0.2, 0.25) is 0 Å². The molecule has 23 heavy (non-hydrogen) atoms. The lowest BCUT2D eigenvalue weighted by atomic mass is 10.1. The highest BCUT2D eigenvalue weighted by Crippen LogP contribution is 2.26. The molecule has 0 unspecified atom stereocenters. The van der Waals surface area contributed by atoms with Crippen molar-refractivity contribution in [2.24, 2.45) is 0 Å². The van der Waals surface area contributed by atoms with E-state index in [0.29, 0.717) is 5.75 Å². The summed E-state index contributed by atoms with van der Waals surface area (Å²) < 4.78 is 1.78. The number of carboxylic acids is 1. The van der Waals surface area contributed by atoms with Gasteiger partial charge in [0.25, 0.3) is 0 Å². The van der Waals surface area contributed by atoms with E-state index < -0.39 is 5.97 Å². The Labute approximate surface area is 137 Å². The predicted molar refractivity (Wildman–Crippen MR) is 89.1 cm³/mol. The molecule has 7 heteroatoms. The minimum Gasteiger partial charge on any atom is -0.481 e. The van der Waals surface area contributed by atoms with Crippen molar-refractivity contribution in [1.29, 1.82) is 0 Å². The quantitative estimate of drug-likeness (QED) is 0.573. The fourth-order valence-electron chi connectivity index (χ4n) is 2.22. The molecule has 0 atom stereocenters. The molecule has 118 valence electrons. The number of hydrogen-bond donors (Lipinski definition) is 1. The summed E-state index contributed by atoms with van der Waals surface area (Å²) >= 11 is 1.41. The molecule has 6 nitrogen and oxygen atoms in total. The van der Waals surface area contributed by atoms with Crippen LogP contribution in [0.3, 0.4) is 0 Å². The summed E-state index contributed by atoms with van der Waals surface area (Å²) in [6.45, 7) is 4.13. The van der Waals surface area contributed by atoms with E-state index in [4.69, 9.17) is 5.11 Å². The number of rotatable bonds is 5. The zero-order valence-electron chi connectivity index (χ0n) is 12.9. The van der Waals surface area contributed by atoms with E-state index in [2.05, 4.69) is 41.0 Å². The third-order valence-corrected chi connectivity index (χ3v) is 4.63. The van der Waals surface area contributed by atoms with Gasteiger partial charge >= 0.3 is 5.97 Å². The molecule has 0 bridgehead atoms. The number of carboxylic acid groups (broad SMARTS) is 1. The van der Waals surface area contributed by atoms with Gasteiger partial charge in [0.05, 0.1) is 23.7 Å². The number of aromatic nitrogens is 4. The standard InChI is InChI=1S/C16H16N4O2S/c1-10-3-4-12(7-11(10)2)20-15-13(8-19-20)16(18-9-17-15)23-6-5-14(21)22/h3-4,7-9H,5-6H2,1-2H3,(H,21,22). The zero-order chi connectivity index (χ0) is 16.4. The molecule has 1 N–H and O–H groups in total. The maximum absolute atomic E-state index is 10.6. The summed E-state index contributed by atoms with van der Waals surface area (Å²) in [5.74, 6) is -0.343. The lowest BCUT2D eigenvalue weighted by Crippen LogP contribution is -1.99. The third-order valence-electron chi connectivity index (χ3n) is 3.62. The molecule has 0 aliphatic carbocycles. The summed E-state index contributed by atoms with van der Waals surface area (Å²) in [7, 11) is 0. The number of aryl methyl sites for hydroxylation is 2. The van der Waals surface area contributed by atoms with Crippen molar-refractivity contribution in [3.05, 3.63) is 41.9 Å². The van der Waals surface area contributed by atoms with Gasteiger partial charge in [-0.15, -0.1) is 11.8 Å². The Kier molecular flexibility index (Phi) is 4.29. The zero-order valence-corrected chi connectivity index (χ0v) is 13.7. The van der Waals surface area contributed by atoms with Crippen molar-refractivity contribution in [2.75, 3.05) is 5.75 Å². The smallest absolute Gasteiger partial charge is 0.304 e. The molecular formula is C16H16N4O2S. The Bertz CT molecular complexity index is 876. The van der Waals surface area contributed by atoms with Crippen molar-refractivity contribution >= 4 is 28.8 Å². The van der Waals surface area contributed by atoms with Crippen LogP contribution in [0.25, 0.3) is 16.7 Å². The predicted octanol–water partition coefficient (Wildman–Crippen LogP) is 3.00. The maximum atomic E-state index is 10.6. The summed E-state index contributed by atoms with van der Waals surface area (Å²) in [6.07, 6.45) is 3.32. The van der Waals surface area contributed by atoms with Crippen LogP contribution in [-0.2, 0) is 4.79 Å². The average Bonchev–Trinajstić information content (AvgIpc) is 2.94. The molecule has 0 aliphatic rings. The first kappa shape index (κ1) is 15.5. The molecule has 0 fully saturated rings. The highest BCUT2D eigenvalue weighted by Gasteiger charge is 2.12. The largest absolute Gasteiger partial charge is 0.481 e. The van der Waals surface area contributed by atoms with Crippen molar-refractivity contribution in [3.8, 4) is 5.69 Å². The summed E-state index contributed by atoms with van der Waals surface area (Å²) in [5.41, 5.74) is 4.09. The minimum atomic E-state index is -0.811. The highest BCUT2D eigenvalue weighted by molar-refractivity contribution is 7.99. The molecule has 0 amide bonds. The van der Waals surface area contributed by atoms with Crippen molar-refractivity contribution in [2.45, 2.75) is 25.3 Å². The number of benzene rings is 1. The summed E-state index contributed by atoms with van der Waals surface area (Å²) in [5, 5.41) is 14.8. The van der Waals surface area contributed by atoms with E-state index in [1.165, 1.54) is 29.2 Å². The van der Waals surface area contributed by atoms with Gasteiger partial charge < -0.3 is 5.11 Å². The van der Waals surface area contributed by atoms with Crippen LogP contribution < -0.4 is 0 Å². The number of nitrogens with zero attached hydrogens (tertiary/aromatic N) is 4. The Balaban J connectivity index is 1.97. The first-order valence-corrected chi connectivity index (χ1v) is 8.16. The van der Waals surface area contributed by atoms with Crippen LogP contribution in [0, 0.1) is 13.8 Å². The van der Waals surface area contributed by atoms with E-state index in [-0.39, 0.29) is 6.42 Å². The maximum Gasteiger partial charge on any atom is 0.304 e. The molecule has 2 aromatic heterocycles. The second-order valence-corrected chi connectivity index (χ2v) is 6.32. The van der Waals surface area contributed by atoms with Crippen LogP contribution in [0.5, 0.6) is 0 Å². The van der Waals surface area contributed by atoms with Gasteiger partial charge in [-0.2, -0.15) is 5.10 Å². The lowest BCUT2D eigenvalue weighted by Gasteiger charge is -2.06. The number of carbonyl (C=O) groups is 1. The minimum absolute atomic E-state index is 0.0987. The molecule has 3 rings (SSSR count). The molecular weight excluding hydrogens is 312 g/mol. The van der Waals surface area contributed by atoms with Gasteiger partial charge in [-0.25, -0.2) is 14.6 Å². The number of thioether (sulfide) groups is 1. The van der Waals surface area contributed by atoms with Gasteiger partial charge in [0.2, 0.25) is 0 Å². The van der Waals surface area contributed by atoms with Gasteiger partial charge in [0, 0.05) is 5.75 Å². The fourth-order valence-corrected chi connectivity index (χ4v) is 3.11. The number of fused-ring (bicyclic) bond motifs is 1. The van der Waals surface area contributed by atoms with E-state index in [0.717, 1.165) is 21.7 Å². The normalized spacial score (nSPS) is 11.0. The Morgan fingerprint density at radius 2 is 2.09 bits per heavy atom. The topological polar surface area (TPSA) is 80.9 Å². The Hall–Kier alpha value is -2.41. The first-order chi connectivity index (χ1) is 11.1. The van der Waals surface area contributed by atoms with Crippen molar-refractivity contribution in [3.63, 3.8) is 0 Å². The van der Waals surface area contributed by atoms with Crippen LogP contribution >= 0.6 is 11.8 Å². The molecule has 3 aromatic rings. The Morgan fingerprint density at radius 1 is 1.26 bits per heavy atom. The SMILES string of the molecule is Cc1ccc(-n2ncc3c(SCCC(=O)O)ncnc32)cc1C. The van der Waals surface area contributed by atoms with Gasteiger partial charge in [-0.05, 0) is 37.1 Å². The molecule has 2 heterocycles. The third kappa shape index (κ3) is 3.19. The van der Waals surface area contributed by atoms with Crippen LogP contribution in [0.4, 0.5) is 0 Å². The second kappa shape index (κ2) is 6.37. The average molecular weight is 328 g/mol. The molecule has 0 spiro atoms. The van der Waals surface area contributed by atoms with Crippen LogP contribution in [0.15, 0.2) is 35.7 Å². The van der Waals surface area contributed by atoms with Crippen molar-refractivity contribution in [1.82, 2.24) is 19.7 Å². The summed E-state index contributed by atoms with van der Waals surface area (Å²) in [4.78, 5) is 19.2. The van der Waals surface area contributed by atoms with E-state index in [1.54, 1.807) is 10.9 Å². The van der Waals surface area contributed by atoms with Gasteiger partial charge in [-0.3, -0.25) is 4.79 Å². The van der Waals surface area contributed by atoms with E-state index in [9.17, 15) is 4.79 Å². The molecule has 0 radical (unpaired) electrons. The molecule has 0 saturated carbocycles. The number of hydrogen-bond acceptors (Lipinski definition) is 5. The number of aliphatic carboxylic acids is 1. The van der Waals surface area contributed by atoms with Crippen LogP contribution in [-0.4, -0.2) is 36.6 Å². The fraction of sp³-hybridized carbons (Fsp3) is 0.250. The molecule has 0 aliphatic heterocycles. The summed E-state index contributed by atoms with van der Waals surface area (Å²) in [6, 6.07) is 6.14. The van der Waals surface area contributed by atoms with Gasteiger partial charge in [-0.1, -0.05) is 6.07 Å². The van der Waals surface area contributed by atoms with E-state index >= 15 is 0 Å². The lowest BCUT2D eigenvalue weighted by molar-refractivity contribution is -0.136. The van der Waals surface area contributed by atoms with Crippen LogP contribution in [0.1, 0.15) is 17.5 Å². The Morgan fingerprint density at radius 3 is 2.83 bits per heavy atom. The van der Waals surface area contributed by atoms with E-state index in [1.807, 2.05) is 6.07 Å². The van der Waals surface area contributed by atoms with Gasteiger partial charge in [0.15, 0.2) is 5.65 Å². The molecule has 0 saturated heterocycles. The first-order valence-electron chi connectivity index (χ1n) is 7.17. The second-order valence-electron chi connectivity index (χ2n) is 5.23.